The lowest BCUT2D eigenvalue weighted by Crippen LogP contribution is -1.95. The normalized spacial score (nSPS) is 9.89. The van der Waals surface area contributed by atoms with E-state index >= 15 is 0 Å². The molecule has 2 aromatic rings. The summed E-state index contributed by atoms with van der Waals surface area (Å²) in [6.45, 7) is 0. The fourth-order valence-corrected chi connectivity index (χ4v) is 2.01. The molecule has 0 radical (unpaired) electrons. The standard InChI is InChI=1S/C13H7BrClFN2/c14-9-2-3-11(16)13(6-9)18-12-4-1-8(7-17)5-10(12)15/h1-6,18H. The predicted molar refractivity (Wildman–Crippen MR) is 73.5 cm³/mol. The topological polar surface area (TPSA) is 35.8 Å². The molecule has 2 nitrogen and oxygen atoms in total. The van der Waals surface area contributed by atoms with Crippen molar-refractivity contribution in [1.82, 2.24) is 0 Å². The zero-order valence-corrected chi connectivity index (χ0v) is 11.4. The van der Waals surface area contributed by atoms with Gasteiger partial charge in [0, 0.05) is 4.47 Å². The third-order valence-electron chi connectivity index (χ3n) is 2.30. The second-order valence-corrected chi connectivity index (χ2v) is 4.88. The number of hydrogen-bond donors (Lipinski definition) is 1. The number of anilines is 2. The molecule has 0 aliphatic carbocycles. The fraction of sp³-hybridized carbons (Fsp3) is 0. The van der Waals surface area contributed by atoms with E-state index in [9.17, 15) is 4.39 Å². The Hall–Kier alpha value is -1.57. The first-order valence-electron chi connectivity index (χ1n) is 5.02. The number of halogens is 3. The summed E-state index contributed by atoms with van der Waals surface area (Å²) in [4.78, 5) is 0. The van der Waals surface area contributed by atoms with E-state index in [2.05, 4.69) is 21.2 Å². The van der Waals surface area contributed by atoms with Gasteiger partial charge in [-0.25, -0.2) is 4.39 Å². The highest BCUT2D eigenvalue weighted by atomic mass is 79.9. The summed E-state index contributed by atoms with van der Waals surface area (Å²) >= 11 is 9.27. The van der Waals surface area contributed by atoms with Crippen molar-refractivity contribution in [1.29, 1.82) is 5.26 Å². The largest absolute Gasteiger partial charge is 0.352 e. The molecule has 0 saturated carbocycles. The van der Waals surface area contributed by atoms with Gasteiger partial charge in [-0.05, 0) is 36.4 Å². The van der Waals surface area contributed by atoms with Gasteiger partial charge in [0.1, 0.15) is 5.82 Å². The van der Waals surface area contributed by atoms with Crippen LogP contribution in [0.1, 0.15) is 5.56 Å². The molecule has 0 atom stereocenters. The Labute approximate surface area is 117 Å². The van der Waals surface area contributed by atoms with Crippen molar-refractivity contribution in [3.05, 3.63) is 57.3 Å². The Bertz CT molecular complexity index is 637. The number of hydrogen-bond acceptors (Lipinski definition) is 2. The summed E-state index contributed by atoms with van der Waals surface area (Å²) < 4.78 is 14.3. The highest BCUT2D eigenvalue weighted by Crippen LogP contribution is 2.29. The van der Waals surface area contributed by atoms with Gasteiger partial charge in [-0.15, -0.1) is 0 Å². The van der Waals surface area contributed by atoms with Gasteiger partial charge in [-0.3, -0.25) is 0 Å². The van der Waals surface area contributed by atoms with Crippen molar-refractivity contribution in [2.45, 2.75) is 0 Å². The van der Waals surface area contributed by atoms with Crippen molar-refractivity contribution in [2.24, 2.45) is 0 Å². The van der Waals surface area contributed by atoms with Gasteiger partial charge in [0.2, 0.25) is 0 Å². The highest BCUT2D eigenvalue weighted by molar-refractivity contribution is 9.10. The van der Waals surface area contributed by atoms with Gasteiger partial charge in [-0.1, -0.05) is 27.5 Å². The molecule has 0 aliphatic rings. The van der Waals surface area contributed by atoms with E-state index in [0.29, 0.717) is 22.0 Å². The monoisotopic (exact) mass is 324 g/mol. The lowest BCUT2D eigenvalue weighted by Gasteiger charge is -2.09. The Morgan fingerprint density at radius 1 is 1.17 bits per heavy atom. The fourth-order valence-electron chi connectivity index (χ4n) is 1.42. The molecule has 0 aromatic heterocycles. The zero-order valence-electron chi connectivity index (χ0n) is 9.05. The molecule has 0 saturated heterocycles. The van der Waals surface area contributed by atoms with E-state index in [-0.39, 0.29) is 5.82 Å². The summed E-state index contributed by atoms with van der Waals surface area (Å²) in [6, 6.07) is 11.3. The molecule has 90 valence electrons. The molecule has 0 fully saturated rings. The molecule has 0 heterocycles. The number of nitrogens with one attached hydrogen (secondary N) is 1. The van der Waals surface area contributed by atoms with Gasteiger partial charge in [0.05, 0.1) is 28.0 Å². The molecule has 0 spiro atoms. The first-order chi connectivity index (χ1) is 8.60. The summed E-state index contributed by atoms with van der Waals surface area (Å²) in [5, 5.41) is 12.0. The van der Waals surface area contributed by atoms with E-state index < -0.39 is 0 Å². The molecule has 0 amide bonds. The van der Waals surface area contributed by atoms with Crippen molar-refractivity contribution in [3.8, 4) is 6.07 Å². The third-order valence-corrected chi connectivity index (χ3v) is 3.10. The second kappa shape index (κ2) is 5.38. The first kappa shape index (κ1) is 12.9. The quantitative estimate of drug-likeness (QED) is 0.856. The van der Waals surface area contributed by atoms with Crippen LogP contribution in [-0.2, 0) is 0 Å². The lowest BCUT2D eigenvalue weighted by molar-refractivity contribution is 0.631. The predicted octanol–water partition coefficient (Wildman–Crippen LogP) is 4.86. The smallest absolute Gasteiger partial charge is 0.146 e. The van der Waals surface area contributed by atoms with Gasteiger partial charge in [-0.2, -0.15) is 5.26 Å². The van der Waals surface area contributed by atoms with E-state index in [1.54, 1.807) is 24.3 Å². The maximum atomic E-state index is 13.6. The summed E-state index contributed by atoms with van der Waals surface area (Å²) in [5.41, 5.74) is 1.32. The minimum Gasteiger partial charge on any atom is -0.352 e. The summed E-state index contributed by atoms with van der Waals surface area (Å²) in [5.74, 6) is -0.376. The number of nitrogens with zero attached hydrogens (tertiary/aromatic N) is 1. The van der Waals surface area contributed by atoms with Crippen molar-refractivity contribution >= 4 is 38.9 Å². The van der Waals surface area contributed by atoms with Crippen LogP contribution in [0.4, 0.5) is 15.8 Å². The first-order valence-corrected chi connectivity index (χ1v) is 6.19. The lowest BCUT2D eigenvalue weighted by atomic mass is 10.2. The minimum absolute atomic E-state index is 0.316. The molecule has 0 bridgehead atoms. The number of nitriles is 1. The van der Waals surface area contributed by atoms with Crippen LogP contribution >= 0.6 is 27.5 Å². The van der Waals surface area contributed by atoms with E-state index in [1.807, 2.05) is 6.07 Å². The maximum absolute atomic E-state index is 13.6. The van der Waals surface area contributed by atoms with Crippen molar-refractivity contribution in [3.63, 3.8) is 0 Å². The Balaban J connectivity index is 2.34. The molecule has 0 unspecified atom stereocenters. The SMILES string of the molecule is N#Cc1ccc(Nc2cc(Br)ccc2F)c(Cl)c1. The van der Waals surface area contributed by atoms with Crippen LogP contribution in [0.3, 0.4) is 0 Å². The molecule has 1 N–H and O–H groups in total. The molecule has 2 aromatic carbocycles. The minimum atomic E-state index is -0.376. The zero-order chi connectivity index (χ0) is 13.1. The van der Waals surface area contributed by atoms with Gasteiger partial charge >= 0.3 is 0 Å². The third kappa shape index (κ3) is 2.81. The number of benzene rings is 2. The molecule has 18 heavy (non-hydrogen) atoms. The van der Waals surface area contributed by atoms with Gasteiger partial charge in [0.15, 0.2) is 0 Å². The Morgan fingerprint density at radius 2 is 1.94 bits per heavy atom. The highest BCUT2D eigenvalue weighted by Gasteiger charge is 2.06. The second-order valence-electron chi connectivity index (χ2n) is 3.56. The van der Waals surface area contributed by atoms with Crippen LogP contribution in [0.2, 0.25) is 5.02 Å². The molecule has 0 aliphatic heterocycles. The van der Waals surface area contributed by atoms with Crippen molar-refractivity contribution in [2.75, 3.05) is 5.32 Å². The summed E-state index contributed by atoms with van der Waals surface area (Å²) in [6.07, 6.45) is 0. The van der Waals surface area contributed by atoms with Gasteiger partial charge in [0.25, 0.3) is 0 Å². The van der Waals surface area contributed by atoms with Crippen LogP contribution < -0.4 is 5.32 Å². The molecular formula is C13H7BrClFN2. The van der Waals surface area contributed by atoms with Crippen LogP contribution in [0.15, 0.2) is 40.9 Å². The van der Waals surface area contributed by atoms with Crippen LogP contribution in [0.25, 0.3) is 0 Å². The molecule has 5 heteroatoms. The van der Waals surface area contributed by atoms with Crippen LogP contribution in [0, 0.1) is 17.1 Å². The van der Waals surface area contributed by atoms with E-state index in [1.165, 1.54) is 12.1 Å². The van der Waals surface area contributed by atoms with Crippen LogP contribution in [0.5, 0.6) is 0 Å². The van der Waals surface area contributed by atoms with Crippen molar-refractivity contribution < 1.29 is 4.39 Å². The van der Waals surface area contributed by atoms with E-state index in [0.717, 1.165) is 4.47 Å². The Kier molecular flexibility index (Phi) is 3.85. The van der Waals surface area contributed by atoms with E-state index in [4.69, 9.17) is 16.9 Å². The average Bonchev–Trinajstić information content (AvgIpc) is 2.36. The molecule has 2 rings (SSSR count). The van der Waals surface area contributed by atoms with Gasteiger partial charge < -0.3 is 5.32 Å². The average molecular weight is 326 g/mol. The van der Waals surface area contributed by atoms with Crippen LogP contribution in [-0.4, -0.2) is 0 Å². The number of rotatable bonds is 2. The maximum Gasteiger partial charge on any atom is 0.146 e. The Morgan fingerprint density at radius 3 is 2.61 bits per heavy atom. The summed E-state index contributed by atoms with van der Waals surface area (Å²) in [7, 11) is 0. The molecular weight excluding hydrogens is 319 g/mol.